The van der Waals surface area contributed by atoms with Crippen molar-refractivity contribution in [2.24, 2.45) is 23.7 Å². The Morgan fingerprint density at radius 2 is 1.83 bits per heavy atom. The van der Waals surface area contributed by atoms with Crippen LogP contribution >= 0.6 is 0 Å². The molecule has 2 bridgehead atoms. The molecule has 0 radical (unpaired) electrons. The zero-order valence-electron chi connectivity index (χ0n) is 9.87. The normalized spacial score (nSPS) is 36.8. The van der Waals surface area contributed by atoms with Crippen molar-refractivity contribution in [3.63, 3.8) is 0 Å². The Hall–Kier alpha value is -1.91. The quantitative estimate of drug-likeness (QED) is 0.551. The van der Waals surface area contributed by atoms with Gasteiger partial charge in [0.15, 0.2) is 5.82 Å². The summed E-state index contributed by atoms with van der Waals surface area (Å²) in [6.45, 7) is 1.74. The van der Waals surface area contributed by atoms with Crippen LogP contribution in [0, 0.1) is 30.6 Å². The van der Waals surface area contributed by atoms with E-state index in [1.165, 1.54) is 4.90 Å². The third kappa shape index (κ3) is 1.04. The summed E-state index contributed by atoms with van der Waals surface area (Å²) >= 11 is 0. The highest BCUT2D eigenvalue weighted by Crippen LogP contribution is 2.53. The largest absolute Gasteiger partial charge is 0.360 e. The monoisotopic (exact) mass is 244 g/mol. The number of aromatic nitrogens is 1. The number of allylic oxidation sites excluding steroid dienone is 2. The molecule has 5 heteroatoms. The van der Waals surface area contributed by atoms with Crippen LogP contribution in [0.3, 0.4) is 0 Å². The Bertz CT molecular complexity index is 559. The number of carbonyl (C=O) groups is 2. The predicted octanol–water partition coefficient (Wildman–Crippen LogP) is 1.29. The van der Waals surface area contributed by atoms with Crippen LogP contribution in [0.25, 0.3) is 0 Å². The van der Waals surface area contributed by atoms with Gasteiger partial charge in [-0.15, -0.1) is 0 Å². The maximum atomic E-state index is 12.4. The number of imide groups is 1. The van der Waals surface area contributed by atoms with Crippen molar-refractivity contribution in [1.29, 1.82) is 0 Å². The molecule has 1 aliphatic heterocycles. The van der Waals surface area contributed by atoms with Crippen molar-refractivity contribution in [1.82, 2.24) is 5.16 Å². The fraction of sp³-hybridized carbons (Fsp3) is 0.462. The van der Waals surface area contributed by atoms with E-state index in [0.717, 1.165) is 6.42 Å². The Labute approximate surface area is 103 Å². The van der Waals surface area contributed by atoms with Crippen molar-refractivity contribution in [3.8, 4) is 0 Å². The molecule has 3 aliphatic rings. The zero-order valence-corrected chi connectivity index (χ0v) is 9.87. The first-order chi connectivity index (χ1) is 8.66. The lowest BCUT2D eigenvalue weighted by Gasteiger charge is -2.14. The average Bonchev–Trinajstić information content (AvgIpc) is 3.05. The molecule has 0 spiro atoms. The third-order valence-corrected chi connectivity index (χ3v) is 4.31. The highest BCUT2D eigenvalue weighted by molar-refractivity contribution is 6.22. The Morgan fingerprint density at radius 3 is 2.33 bits per heavy atom. The van der Waals surface area contributed by atoms with Gasteiger partial charge in [0.1, 0.15) is 5.76 Å². The highest BCUT2D eigenvalue weighted by atomic mass is 16.5. The third-order valence-electron chi connectivity index (χ3n) is 4.31. The first-order valence-corrected chi connectivity index (χ1v) is 6.16. The molecule has 0 aromatic carbocycles. The van der Waals surface area contributed by atoms with Crippen molar-refractivity contribution in [3.05, 3.63) is 24.0 Å². The first kappa shape index (κ1) is 10.1. The van der Waals surface area contributed by atoms with Crippen molar-refractivity contribution in [2.45, 2.75) is 13.3 Å². The minimum atomic E-state index is -0.176. The summed E-state index contributed by atoms with van der Waals surface area (Å²) in [6.07, 6.45) is 5.10. The maximum Gasteiger partial charge on any atom is 0.239 e. The van der Waals surface area contributed by atoms with E-state index in [2.05, 4.69) is 17.3 Å². The number of anilines is 1. The van der Waals surface area contributed by atoms with Gasteiger partial charge in [0.25, 0.3) is 0 Å². The summed E-state index contributed by atoms with van der Waals surface area (Å²) in [6, 6.07) is 1.63. The summed E-state index contributed by atoms with van der Waals surface area (Å²) in [4.78, 5) is 26.0. The molecule has 1 saturated heterocycles. The maximum absolute atomic E-state index is 12.4. The first-order valence-electron chi connectivity index (χ1n) is 6.16. The molecule has 0 N–H and O–H groups in total. The number of aryl methyl sites for hydroxylation is 1. The predicted molar refractivity (Wildman–Crippen MR) is 61.5 cm³/mol. The fourth-order valence-electron chi connectivity index (χ4n) is 3.59. The van der Waals surface area contributed by atoms with E-state index in [9.17, 15) is 9.59 Å². The Balaban J connectivity index is 1.76. The molecular weight excluding hydrogens is 232 g/mol. The second kappa shape index (κ2) is 3.10. The second-order valence-corrected chi connectivity index (χ2v) is 5.31. The van der Waals surface area contributed by atoms with Crippen LogP contribution < -0.4 is 4.90 Å². The molecule has 1 aromatic heterocycles. The van der Waals surface area contributed by atoms with Crippen LogP contribution in [-0.4, -0.2) is 17.0 Å². The number of nitrogens with zero attached hydrogens (tertiary/aromatic N) is 2. The summed E-state index contributed by atoms with van der Waals surface area (Å²) in [5, 5.41) is 3.79. The standard InChI is InChI=1S/C13H12N2O3/c1-6-4-9(14-18-6)15-12(16)10-7-2-3-8(5-7)11(10)13(15)17/h2-4,7-8,10-11H,5H2,1H3/t7-,8-,10-,11-/m0/s1. The average molecular weight is 244 g/mol. The number of hydrogen-bond acceptors (Lipinski definition) is 4. The molecule has 1 aromatic rings. The van der Waals surface area contributed by atoms with Gasteiger partial charge < -0.3 is 4.52 Å². The van der Waals surface area contributed by atoms with Crippen LogP contribution in [0.15, 0.2) is 22.7 Å². The molecule has 2 amide bonds. The van der Waals surface area contributed by atoms with E-state index >= 15 is 0 Å². The molecule has 5 nitrogen and oxygen atoms in total. The molecule has 4 rings (SSSR count). The van der Waals surface area contributed by atoms with E-state index in [0.29, 0.717) is 11.6 Å². The Kier molecular flexibility index (Phi) is 1.73. The number of carbonyl (C=O) groups excluding carboxylic acids is 2. The van der Waals surface area contributed by atoms with Crippen molar-refractivity contribution >= 4 is 17.6 Å². The molecular formula is C13H12N2O3. The lowest BCUT2D eigenvalue weighted by atomic mass is 9.85. The van der Waals surface area contributed by atoms with Crippen LogP contribution in [-0.2, 0) is 9.59 Å². The molecule has 18 heavy (non-hydrogen) atoms. The molecule has 2 aliphatic carbocycles. The van der Waals surface area contributed by atoms with Crippen LogP contribution in [0.4, 0.5) is 5.82 Å². The van der Waals surface area contributed by atoms with Crippen LogP contribution in [0.5, 0.6) is 0 Å². The van der Waals surface area contributed by atoms with Crippen LogP contribution in [0.2, 0.25) is 0 Å². The number of hydrogen-bond donors (Lipinski definition) is 0. The zero-order chi connectivity index (χ0) is 12.4. The summed E-state index contributed by atoms with van der Waals surface area (Å²) in [7, 11) is 0. The van der Waals surface area contributed by atoms with Gasteiger partial charge in [-0.05, 0) is 25.2 Å². The van der Waals surface area contributed by atoms with E-state index in [1.807, 2.05) is 0 Å². The number of fused-ring (bicyclic) bond motifs is 5. The van der Waals surface area contributed by atoms with Crippen molar-refractivity contribution in [2.75, 3.05) is 4.90 Å². The van der Waals surface area contributed by atoms with Gasteiger partial charge in [0.2, 0.25) is 11.8 Å². The lowest BCUT2D eigenvalue weighted by molar-refractivity contribution is -0.123. The van der Waals surface area contributed by atoms with E-state index in [1.54, 1.807) is 13.0 Å². The van der Waals surface area contributed by atoms with Crippen molar-refractivity contribution < 1.29 is 14.1 Å². The minimum absolute atomic E-state index is 0.116. The molecule has 4 atom stereocenters. The van der Waals surface area contributed by atoms with Gasteiger partial charge in [-0.3, -0.25) is 9.59 Å². The SMILES string of the molecule is Cc1cc(N2C(=O)[C@@H]3[C@@H](C2=O)[C@H]2C=C[C@H]3C2)no1. The van der Waals surface area contributed by atoms with Gasteiger partial charge in [-0.25, -0.2) is 4.90 Å². The van der Waals surface area contributed by atoms with Gasteiger partial charge in [0.05, 0.1) is 11.8 Å². The molecule has 1 saturated carbocycles. The van der Waals surface area contributed by atoms with Gasteiger partial charge in [-0.1, -0.05) is 17.3 Å². The lowest BCUT2D eigenvalue weighted by Crippen LogP contribution is -2.33. The highest BCUT2D eigenvalue weighted by Gasteiger charge is 2.60. The van der Waals surface area contributed by atoms with E-state index in [-0.39, 0.29) is 35.5 Å². The summed E-state index contributed by atoms with van der Waals surface area (Å²) in [5.74, 6) is 0.809. The Morgan fingerprint density at radius 1 is 1.22 bits per heavy atom. The topological polar surface area (TPSA) is 63.4 Å². The number of amides is 2. The van der Waals surface area contributed by atoms with Gasteiger partial charge >= 0.3 is 0 Å². The summed E-state index contributed by atoms with van der Waals surface area (Å²) in [5.41, 5.74) is 0. The molecule has 0 unspecified atom stereocenters. The van der Waals surface area contributed by atoms with Crippen LogP contribution in [0.1, 0.15) is 12.2 Å². The molecule has 2 fully saturated rings. The fourth-order valence-corrected chi connectivity index (χ4v) is 3.59. The number of rotatable bonds is 1. The second-order valence-electron chi connectivity index (χ2n) is 5.31. The van der Waals surface area contributed by atoms with Gasteiger partial charge in [-0.2, -0.15) is 0 Å². The minimum Gasteiger partial charge on any atom is -0.360 e. The molecule has 2 heterocycles. The van der Waals surface area contributed by atoms with E-state index in [4.69, 9.17) is 4.52 Å². The summed E-state index contributed by atoms with van der Waals surface area (Å²) < 4.78 is 4.95. The van der Waals surface area contributed by atoms with Gasteiger partial charge in [0, 0.05) is 6.07 Å². The van der Waals surface area contributed by atoms with E-state index < -0.39 is 0 Å². The molecule has 92 valence electrons. The smallest absolute Gasteiger partial charge is 0.239 e.